The van der Waals surface area contributed by atoms with Crippen LogP contribution in [0.3, 0.4) is 0 Å². The molecule has 122 valence electrons. The first-order valence-electron chi connectivity index (χ1n) is 8.28. The molecule has 2 amide bonds. The van der Waals surface area contributed by atoms with Crippen molar-refractivity contribution in [2.75, 3.05) is 6.61 Å². The number of carbonyl (C=O) groups excluding carboxylic acids is 1. The molecule has 0 bridgehead atoms. The van der Waals surface area contributed by atoms with Crippen LogP contribution in [0.25, 0.3) is 0 Å². The molecule has 0 saturated carbocycles. The topological polar surface area (TPSA) is 50.4 Å². The molecule has 1 aromatic carbocycles. The molecule has 0 unspecified atom stereocenters. The van der Waals surface area contributed by atoms with Gasteiger partial charge in [0.1, 0.15) is 0 Å². The van der Waals surface area contributed by atoms with Crippen molar-refractivity contribution in [3.05, 3.63) is 35.9 Å². The highest BCUT2D eigenvalue weighted by molar-refractivity contribution is 5.74. The summed E-state index contributed by atoms with van der Waals surface area (Å²) in [7, 11) is 0. The number of benzene rings is 1. The summed E-state index contributed by atoms with van der Waals surface area (Å²) >= 11 is 0. The molecule has 2 rings (SSSR count). The van der Waals surface area contributed by atoms with Crippen molar-refractivity contribution in [1.29, 1.82) is 0 Å². The highest BCUT2D eigenvalue weighted by Crippen LogP contribution is 2.27. The molecule has 1 aliphatic heterocycles. The summed E-state index contributed by atoms with van der Waals surface area (Å²) in [6.07, 6.45) is 2.77. The first-order chi connectivity index (χ1) is 10.5. The summed E-state index contributed by atoms with van der Waals surface area (Å²) in [5.41, 5.74) is 1.18. The van der Waals surface area contributed by atoms with Crippen molar-refractivity contribution in [2.24, 2.45) is 5.92 Å². The van der Waals surface area contributed by atoms with E-state index in [9.17, 15) is 4.79 Å². The van der Waals surface area contributed by atoms with Crippen molar-refractivity contribution in [3.8, 4) is 0 Å². The summed E-state index contributed by atoms with van der Waals surface area (Å²) in [5, 5.41) is 6.11. The molecular formula is C18H28N2O2. The lowest BCUT2D eigenvalue weighted by Gasteiger charge is -2.31. The monoisotopic (exact) mass is 304 g/mol. The molecule has 1 heterocycles. The number of carbonyl (C=O) groups is 1. The van der Waals surface area contributed by atoms with E-state index in [1.165, 1.54) is 5.56 Å². The molecule has 2 N–H and O–H groups in total. The third kappa shape index (κ3) is 5.34. The Morgan fingerprint density at radius 3 is 2.68 bits per heavy atom. The molecule has 1 aromatic rings. The van der Waals surface area contributed by atoms with Gasteiger partial charge in [-0.2, -0.15) is 0 Å². The number of hydrogen-bond donors (Lipinski definition) is 2. The number of amides is 2. The minimum Gasteiger partial charge on any atom is -0.373 e. The minimum absolute atomic E-state index is 0.0631. The van der Waals surface area contributed by atoms with Gasteiger partial charge in [-0.05, 0) is 37.7 Å². The molecule has 1 fully saturated rings. The Bertz CT molecular complexity index is 461. The highest BCUT2D eigenvalue weighted by Gasteiger charge is 2.25. The molecule has 22 heavy (non-hydrogen) atoms. The summed E-state index contributed by atoms with van der Waals surface area (Å²) in [6, 6.07) is 10.5. The largest absolute Gasteiger partial charge is 0.373 e. The maximum Gasteiger partial charge on any atom is 0.315 e. The van der Waals surface area contributed by atoms with Gasteiger partial charge in [-0.15, -0.1) is 0 Å². The van der Waals surface area contributed by atoms with Gasteiger partial charge in [0, 0.05) is 18.7 Å². The third-order valence-corrected chi connectivity index (χ3v) is 3.99. The molecule has 4 heteroatoms. The van der Waals surface area contributed by atoms with Crippen LogP contribution in [-0.4, -0.2) is 24.7 Å². The van der Waals surface area contributed by atoms with Gasteiger partial charge in [-0.1, -0.05) is 44.2 Å². The Labute approximate surface area is 133 Å². The number of urea groups is 1. The lowest BCUT2D eigenvalue weighted by Crippen LogP contribution is -2.47. The van der Waals surface area contributed by atoms with Crippen molar-refractivity contribution >= 4 is 6.03 Å². The normalized spacial score (nSPS) is 23.1. The van der Waals surface area contributed by atoms with Crippen LogP contribution in [0.5, 0.6) is 0 Å². The van der Waals surface area contributed by atoms with Gasteiger partial charge < -0.3 is 15.4 Å². The summed E-state index contributed by atoms with van der Waals surface area (Å²) in [6.45, 7) is 7.07. The van der Waals surface area contributed by atoms with Gasteiger partial charge in [-0.3, -0.25) is 0 Å². The Morgan fingerprint density at radius 2 is 2.00 bits per heavy atom. The van der Waals surface area contributed by atoms with E-state index >= 15 is 0 Å². The SMILES string of the molecule is CC(C)C[C@H](C)NC(=O)N[C@@H]1CCO[C@@H](c2ccccc2)C1. The molecule has 0 aliphatic carbocycles. The van der Waals surface area contributed by atoms with E-state index in [4.69, 9.17) is 4.74 Å². The van der Waals surface area contributed by atoms with E-state index < -0.39 is 0 Å². The van der Waals surface area contributed by atoms with Crippen LogP contribution in [0, 0.1) is 5.92 Å². The van der Waals surface area contributed by atoms with Gasteiger partial charge in [0.2, 0.25) is 0 Å². The predicted octanol–water partition coefficient (Wildman–Crippen LogP) is 3.64. The Kier molecular flexibility index (Phi) is 6.25. The fourth-order valence-corrected chi connectivity index (χ4v) is 3.04. The van der Waals surface area contributed by atoms with Crippen molar-refractivity contribution < 1.29 is 9.53 Å². The number of hydrogen-bond acceptors (Lipinski definition) is 2. The lowest BCUT2D eigenvalue weighted by atomic mass is 9.97. The van der Waals surface area contributed by atoms with E-state index in [2.05, 4.69) is 43.5 Å². The maximum atomic E-state index is 12.1. The van der Waals surface area contributed by atoms with Crippen LogP contribution in [-0.2, 0) is 4.74 Å². The highest BCUT2D eigenvalue weighted by atomic mass is 16.5. The van der Waals surface area contributed by atoms with Crippen LogP contribution in [0.2, 0.25) is 0 Å². The average Bonchev–Trinajstić information content (AvgIpc) is 2.47. The Morgan fingerprint density at radius 1 is 1.27 bits per heavy atom. The molecule has 0 radical (unpaired) electrons. The van der Waals surface area contributed by atoms with Gasteiger partial charge >= 0.3 is 6.03 Å². The predicted molar refractivity (Wildman–Crippen MR) is 88.7 cm³/mol. The molecule has 1 aliphatic rings. The molecule has 1 saturated heterocycles. The van der Waals surface area contributed by atoms with E-state index in [1.54, 1.807) is 0 Å². The van der Waals surface area contributed by atoms with Crippen molar-refractivity contribution in [3.63, 3.8) is 0 Å². The minimum atomic E-state index is -0.0631. The third-order valence-electron chi connectivity index (χ3n) is 3.99. The zero-order valence-corrected chi connectivity index (χ0v) is 13.8. The van der Waals surface area contributed by atoms with Gasteiger partial charge in [0.15, 0.2) is 0 Å². The molecular weight excluding hydrogens is 276 g/mol. The Balaban J connectivity index is 1.81. The fraction of sp³-hybridized carbons (Fsp3) is 0.611. The van der Waals surface area contributed by atoms with Crippen LogP contribution >= 0.6 is 0 Å². The summed E-state index contributed by atoms with van der Waals surface area (Å²) < 4.78 is 5.84. The second kappa shape index (κ2) is 8.18. The quantitative estimate of drug-likeness (QED) is 0.872. The number of rotatable bonds is 5. The van der Waals surface area contributed by atoms with Crippen molar-refractivity contribution in [1.82, 2.24) is 10.6 Å². The molecule has 0 spiro atoms. The fourth-order valence-electron chi connectivity index (χ4n) is 3.04. The zero-order valence-electron chi connectivity index (χ0n) is 13.8. The molecule has 3 atom stereocenters. The van der Waals surface area contributed by atoms with E-state index in [1.807, 2.05) is 18.2 Å². The van der Waals surface area contributed by atoms with E-state index in [0.29, 0.717) is 12.5 Å². The zero-order chi connectivity index (χ0) is 15.9. The van der Waals surface area contributed by atoms with Crippen LogP contribution in [0.4, 0.5) is 4.79 Å². The summed E-state index contributed by atoms with van der Waals surface area (Å²) in [4.78, 5) is 12.1. The first kappa shape index (κ1) is 16.8. The van der Waals surface area contributed by atoms with Crippen LogP contribution in [0.1, 0.15) is 51.7 Å². The number of nitrogens with one attached hydrogen (secondary N) is 2. The molecule has 4 nitrogen and oxygen atoms in total. The average molecular weight is 304 g/mol. The smallest absolute Gasteiger partial charge is 0.315 e. The van der Waals surface area contributed by atoms with E-state index in [-0.39, 0.29) is 24.2 Å². The summed E-state index contributed by atoms with van der Waals surface area (Å²) in [5.74, 6) is 0.584. The Hall–Kier alpha value is -1.55. The van der Waals surface area contributed by atoms with Crippen molar-refractivity contribution in [2.45, 2.75) is 58.2 Å². The van der Waals surface area contributed by atoms with Gasteiger partial charge in [0.05, 0.1) is 6.10 Å². The second-order valence-corrected chi connectivity index (χ2v) is 6.64. The van der Waals surface area contributed by atoms with E-state index in [0.717, 1.165) is 19.3 Å². The van der Waals surface area contributed by atoms with Crippen LogP contribution < -0.4 is 10.6 Å². The maximum absolute atomic E-state index is 12.1. The van der Waals surface area contributed by atoms with Gasteiger partial charge in [0.25, 0.3) is 0 Å². The number of ether oxygens (including phenoxy) is 1. The van der Waals surface area contributed by atoms with Crippen LogP contribution in [0.15, 0.2) is 30.3 Å². The first-order valence-corrected chi connectivity index (χ1v) is 8.28. The molecule has 0 aromatic heterocycles. The lowest BCUT2D eigenvalue weighted by molar-refractivity contribution is 0.00221. The second-order valence-electron chi connectivity index (χ2n) is 6.64. The van der Waals surface area contributed by atoms with Gasteiger partial charge in [-0.25, -0.2) is 4.79 Å². The standard InChI is InChI=1S/C18H28N2O2/c1-13(2)11-14(3)19-18(21)20-16-9-10-22-17(12-16)15-7-5-4-6-8-15/h4-8,13-14,16-17H,9-12H2,1-3H3,(H2,19,20,21)/t14-,16+,17+/m0/s1.